The maximum absolute atomic E-state index is 12.3. The largest absolute Gasteiger partial charge is 0.508 e. The van der Waals surface area contributed by atoms with Crippen LogP contribution in [-0.2, 0) is 30.5 Å². The Kier molecular flexibility index (Phi) is 11.7. The molecular weight excluding hydrogens is 588 g/mol. The number of ketones is 1. The molecule has 4 aromatic rings. The first kappa shape index (κ1) is 33.8. The number of carbonyl (C=O) groups is 1. The Morgan fingerprint density at radius 1 is 0.936 bits per heavy atom. The lowest BCUT2D eigenvalue weighted by atomic mass is 9.87. The lowest BCUT2D eigenvalue weighted by molar-refractivity contribution is -0.114. The van der Waals surface area contributed by atoms with Crippen molar-refractivity contribution in [2.24, 2.45) is 5.73 Å². The Labute approximate surface area is 277 Å². The first-order valence-corrected chi connectivity index (χ1v) is 16.7. The Morgan fingerprint density at radius 3 is 2.53 bits per heavy atom. The minimum atomic E-state index is -0.179. The van der Waals surface area contributed by atoms with Crippen molar-refractivity contribution in [3.63, 3.8) is 0 Å². The summed E-state index contributed by atoms with van der Waals surface area (Å²) in [6, 6.07) is 22.2. The Hall–Kier alpha value is -4.59. The molecule has 0 radical (unpaired) electrons. The van der Waals surface area contributed by atoms with Gasteiger partial charge in [0.1, 0.15) is 11.5 Å². The van der Waals surface area contributed by atoms with Gasteiger partial charge in [-0.05, 0) is 101 Å². The normalized spacial score (nSPS) is 14.3. The van der Waals surface area contributed by atoms with Crippen LogP contribution < -0.4 is 15.8 Å². The number of unbranched alkanes of at least 4 members (excludes halogenated alkanes) is 3. The van der Waals surface area contributed by atoms with Gasteiger partial charge in [0.25, 0.3) is 0 Å². The second-order valence-electron chi connectivity index (χ2n) is 12.3. The molecule has 4 aromatic carbocycles. The van der Waals surface area contributed by atoms with E-state index in [4.69, 9.17) is 10.5 Å². The summed E-state index contributed by atoms with van der Waals surface area (Å²) in [6.07, 6.45) is 10.7. The second kappa shape index (κ2) is 16.3. The smallest absolute Gasteiger partial charge is 0.161 e. The van der Waals surface area contributed by atoms with Crippen LogP contribution in [0.4, 0.5) is 0 Å². The number of benzene rings is 4. The topological polar surface area (TPSA) is 125 Å². The van der Waals surface area contributed by atoms with Crippen LogP contribution in [0.1, 0.15) is 78.6 Å². The third-order valence-electron chi connectivity index (χ3n) is 8.80. The molecule has 0 unspecified atom stereocenters. The number of carbonyl (C=O) groups excluding carboxylic acids is 1. The Balaban J connectivity index is 1.31. The molecule has 0 aromatic heterocycles. The highest BCUT2D eigenvalue weighted by molar-refractivity contribution is 5.89. The van der Waals surface area contributed by atoms with Gasteiger partial charge in [0.05, 0.1) is 12.8 Å². The molecule has 47 heavy (non-hydrogen) atoms. The van der Waals surface area contributed by atoms with Gasteiger partial charge in [0, 0.05) is 31.4 Å². The predicted molar refractivity (Wildman–Crippen MR) is 187 cm³/mol. The van der Waals surface area contributed by atoms with E-state index >= 15 is 0 Å². The number of hydrogen-bond donors (Lipinski definition) is 5. The quantitative estimate of drug-likeness (QED) is 0.0681. The standard InChI is InChI=1S/C40H46N2O5/c1-2-3-4-5-6-7-32(43)14-8-27-10-18-37(46)38(26-27)47-23-21-30-13-19-36(45)35(39(30)29-11-15-33(44)16-12-29)25-28-9-17-34-31(24-28)20-22-42-40(34)41/h6-7,9-13,15-19,24,26,40,42,44-46H,2-5,8,14,20-23,25,41H2,1H3/b7-6+/t40-/m1/s1. The summed E-state index contributed by atoms with van der Waals surface area (Å²) < 4.78 is 6.09. The lowest BCUT2D eigenvalue weighted by Gasteiger charge is -2.24. The van der Waals surface area contributed by atoms with Gasteiger partial charge in [-0.15, -0.1) is 0 Å². The number of phenolic OH excluding ortho intramolecular Hbond substituents is 3. The monoisotopic (exact) mass is 634 g/mol. The van der Waals surface area contributed by atoms with Crippen molar-refractivity contribution in [1.82, 2.24) is 5.32 Å². The zero-order valence-electron chi connectivity index (χ0n) is 27.2. The molecule has 0 aliphatic carbocycles. The van der Waals surface area contributed by atoms with Gasteiger partial charge >= 0.3 is 0 Å². The van der Waals surface area contributed by atoms with E-state index in [0.717, 1.165) is 71.2 Å². The average Bonchev–Trinajstić information content (AvgIpc) is 3.07. The SMILES string of the molecule is CCCCC/C=C/C(=O)CCc1ccc(O)c(OCCc2ccc(O)c(Cc3ccc4c(c3)CCN[C@H]4N)c2-c2ccc(O)cc2)c1. The van der Waals surface area contributed by atoms with E-state index in [1.165, 1.54) is 12.0 Å². The molecule has 246 valence electrons. The Morgan fingerprint density at radius 2 is 1.72 bits per heavy atom. The average molecular weight is 635 g/mol. The molecule has 7 nitrogen and oxygen atoms in total. The maximum Gasteiger partial charge on any atom is 0.161 e. The van der Waals surface area contributed by atoms with E-state index in [9.17, 15) is 20.1 Å². The number of phenols is 3. The van der Waals surface area contributed by atoms with Gasteiger partial charge in [0.2, 0.25) is 0 Å². The molecular formula is C40H46N2O5. The number of hydrogen-bond acceptors (Lipinski definition) is 7. The summed E-state index contributed by atoms with van der Waals surface area (Å²) in [5.74, 6) is 0.878. The molecule has 0 fully saturated rings. The second-order valence-corrected chi connectivity index (χ2v) is 12.3. The summed E-state index contributed by atoms with van der Waals surface area (Å²) >= 11 is 0. The highest BCUT2D eigenvalue weighted by Crippen LogP contribution is 2.37. The highest BCUT2D eigenvalue weighted by atomic mass is 16.5. The maximum atomic E-state index is 12.3. The van der Waals surface area contributed by atoms with E-state index in [1.807, 2.05) is 30.3 Å². The molecule has 0 bridgehead atoms. The minimum absolute atomic E-state index is 0.0448. The van der Waals surface area contributed by atoms with Crippen LogP contribution in [0.3, 0.4) is 0 Å². The molecule has 1 atom stereocenters. The third kappa shape index (κ3) is 9.03. The molecule has 1 heterocycles. The van der Waals surface area contributed by atoms with Crippen molar-refractivity contribution in [3.05, 3.63) is 118 Å². The fourth-order valence-corrected chi connectivity index (χ4v) is 6.20. The van der Waals surface area contributed by atoms with Crippen molar-refractivity contribution in [2.45, 2.75) is 70.9 Å². The number of nitrogens with one attached hydrogen (secondary N) is 1. The van der Waals surface area contributed by atoms with Crippen molar-refractivity contribution in [1.29, 1.82) is 0 Å². The van der Waals surface area contributed by atoms with E-state index in [-0.39, 0.29) is 35.8 Å². The lowest BCUT2D eigenvalue weighted by Crippen LogP contribution is -2.35. The van der Waals surface area contributed by atoms with E-state index in [1.54, 1.807) is 36.4 Å². The first-order chi connectivity index (χ1) is 22.8. The van der Waals surface area contributed by atoms with Crippen molar-refractivity contribution < 1.29 is 24.9 Å². The number of ether oxygens (including phenoxy) is 1. The van der Waals surface area contributed by atoms with Crippen molar-refractivity contribution in [3.8, 4) is 34.1 Å². The van der Waals surface area contributed by atoms with Gasteiger partial charge in [-0.1, -0.05) is 68.3 Å². The Bertz CT molecular complexity index is 1700. The van der Waals surface area contributed by atoms with Gasteiger partial charge in [-0.2, -0.15) is 0 Å². The van der Waals surface area contributed by atoms with Crippen LogP contribution in [0, 0.1) is 0 Å². The van der Waals surface area contributed by atoms with E-state index in [2.05, 4.69) is 30.4 Å². The minimum Gasteiger partial charge on any atom is -0.508 e. The predicted octanol–water partition coefficient (Wildman–Crippen LogP) is 7.42. The van der Waals surface area contributed by atoms with Crippen LogP contribution in [0.2, 0.25) is 0 Å². The molecule has 1 aliphatic heterocycles. The number of fused-ring (bicyclic) bond motifs is 1. The summed E-state index contributed by atoms with van der Waals surface area (Å²) in [5.41, 5.74) is 14.1. The van der Waals surface area contributed by atoms with Crippen LogP contribution in [0.5, 0.6) is 23.0 Å². The van der Waals surface area contributed by atoms with Gasteiger partial charge in [-0.25, -0.2) is 0 Å². The molecule has 6 N–H and O–H groups in total. The molecule has 0 spiro atoms. The molecule has 5 rings (SSSR count). The zero-order chi connectivity index (χ0) is 33.2. The summed E-state index contributed by atoms with van der Waals surface area (Å²) in [5, 5.41) is 35.0. The summed E-state index contributed by atoms with van der Waals surface area (Å²) in [6.45, 7) is 3.27. The van der Waals surface area contributed by atoms with Crippen molar-refractivity contribution in [2.75, 3.05) is 13.2 Å². The highest BCUT2D eigenvalue weighted by Gasteiger charge is 2.19. The third-order valence-corrected chi connectivity index (χ3v) is 8.80. The number of aryl methyl sites for hydroxylation is 1. The van der Waals surface area contributed by atoms with Crippen LogP contribution in [0.15, 0.2) is 84.9 Å². The van der Waals surface area contributed by atoms with Crippen LogP contribution in [0.25, 0.3) is 11.1 Å². The zero-order valence-corrected chi connectivity index (χ0v) is 27.2. The molecule has 0 saturated carbocycles. The number of nitrogens with two attached hydrogens (primary N) is 1. The van der Waals surface area contributed by atoms with E-state index < -0.39 is 0 Å². The molecule has 0 saturated heterocycles. The van der Waals surface area contributed by atoms with Gasteiger partial charge < -0.3 is 25.8 Å². The number of allylic oxidation sites excluding steroid dienone is 2. The molecule has 0 amide bonds. The molecule has 7 heteroatoms. The van der Waals surface area contributed by atoms with Gasteiger partial charge in [0.15, 0.2) is 17.3 Å². The fraction of sp³-hybridized carbons (Fsp3) is 0.325. The number of rotatable bonds is 15. The first-order valence-electron chi connectivity index (χ1n) is 16.7. The molecule has 1 aliphatic rings. The van der Waals surface area contributed by atoms with Gasteiger partial charge in [-0.3, -0.25) is 10.1 Å². The van der Waals surface area contributed by atoms with Crippen LogP contribution in [-0.4, -0.2) is 34.3 Å². The number of aromatic hydroxyl groups is 3. The fourth-order valence-electron chi connectivity index (χ4n) is 6.20. The summed E-state index contributed by atoms with van der Waals surface area (Å²) in [4.78, 5) is 12.3. The summed E-state index contributed by atoms with van der Waals surface area (Å²) in [7, 11) is 0. The van der Waals surface area contributed by atoms with E-state index in [0.29, 0.717) is 31.4 Å². The van der Waals surface area contributed by atoms with Crippen LogP contribution >= 0.6 is 0 Å². The van der Waals surface area contributed by atoms with Crippen molar-refractivity contribution >= 4 is 5.78 Å².